The summed E-state index contributed by atoms with van der Waals surface area (Å²) in [5.74, 6) is 0.367. The summed E-state index contributed by atoms with van der Waals surface area (Å²) < 4.78 is 0. The molecule has 2 fully saturated rings. The smallest absolute Gasteiger partial charge is 0.255 e. The van der Waals surface area contributed by atoms with Crippen molar-refractivity contribution in [1.29, 1.82) is 0 Å². The SMILES string of the molecule is Cc1cscc1C(=O)N1CCN2C(=O)CCC2C1. The molecule has 1 aromatic heterocycles. The summed E-state index contributed by atoms with van der Waals surface area (Å²) in [6.07, 6.45) is 1.54. The van der Waals surface area contributed by atoms with E-state index in [0.29, 0.717) is 26.1 Å². The lowest BCUT2D eigenvalue weighted by Gasteiger charge is -2.37. The maximum Gasteiger partial charge on any atom is 0.255 e. The lowest BCUT2D eigenvalue weighted by Crippen LogP contribution is -2.53. The second-order valence-corrected chi connectivity index (χ2v) is 5.74. The number of carbonyl (C=O) groups is 2. The Balaban J connectivity index is 1.74. The largest absolute Gasteiger partial charge is 0.336 e. The molecule has 0 spiro atoms. The van der Waals surface area contributed by atoms with Crippen molar-refractivity contribution in [2.24, 2.45) is 0 Å². The quantitative estimate of drug-likeness (QED) is 0.771. The van der Waals surface area contributed by atoms with E-state index in [1.807, 2.05) is 27.5 Å². The van der Waals surface area contributed by atoms with Gasteiger partial charge < -0.3 is 9.80 Å². The van der Waals surface area contributed by atoms with Crippen LogP contribution in [-0.4, -0.2) is 47.3 Å². The molecule has 1 atom stereocenters. The third-order valence-corrected chi connectivity index (χ3v) is 4.73. The summed E-state index contributed by atoms with van der Waals surface area (Å²) in [5.41, 5.74) is 1.87. The lowest BCUT2D eigenvalue weighted by atomic mass is 10.1. The van der Waals surface area contributed by atoms with Crippen molar-refractivity contribution in [3.05, 3.63) is 21.9 Å². The van der Waals surface area contributed by atoms with Crippen molar-refractivity contribution >= 4 is 23.2 Å². The number of hydrogen-bond donors (Lipinski definition) is 0. The molecule has 1 unspecified atom stereocenters. The molecule has 2 amide bonds. The van der Waals surface area contributed by atoms with Gasteiger partial charge in [0, 0.05) is 37.5 Å². The van der Waals surface area contributed by atoms with Crippen molar-refractivity contribution < 1.29 is 9.59 Å². The van der Waals surface area contributed by atoms with Crippen molar-refractivity contribution in [1.82, 2.24) is 9.80 Å². The molecule has 3 heterocycles. The summed E-state index contributed by atoms with van der Waals surface area (Å²) in [7, 11) is 0. The van der Waals surface area contributed by atoms with Crippen LogP contribution in [0, 0.1) is 6.92 Å². The zero-order chi connectivity index (χ0) is 12.7. The molecule has 0 N–H and O–H groups in total. The van der Waals surface area contributed by atoms with Crippen LogP contribution < -0.4 is 0 Å². The summed E-state index contributed by atoms with van der Waals surface area (Å²) in [6.45, 7) is 4.02. The van der Waals surface area contributed by atoms with Gasteiger partial charge in [-0.3, -0.25) is 9.59 Å². The van der Waals surface area contributed by atoms with E-state index in [1.165, 1.54) is 0 Å². The molecule has 18 heavy (non-hydrogen) atoms. The Morgan fingerprint density at radius 1 is 1.39 bits per heavy atom. The predicted molar refractivity (Wildman–Crippen MR) is 69.7 cm³/mol. The zero-order valence-electron chi connectivity index (χ0n) is 10.4. The normalized spacial score (nSPS) is 23.4. The molecule has 0 radical (unpaired) electrons. The van der Waals surface area contributed by atoms with Gasteiger partial charge in [0.15, 0.2) is 0 Å². The van der Waals surface area contributed by atoms with Gasteiger partial charge in [-0.1, -0.05) is 0 Å². The third kappa shape index (κ3) is 1.82. The van der Waals surface area contributed by atoms with Gasteiger partial charge in [-0.2, -0.15) is 11.3 Å². The maximum absolute atomic E-state index is 12.4. The van der Waals surface area contributed by atoms with Crippen molar-refractivity contribution in [3.63, 3.8) is 0 Å². The fraction of sp³-hybridized carbons (Fsp3) is 0.538. The van der Waals surface area contributed by atoms with Crippen molar-refractivity contribution in [2.75, 3.05) is 19.6 Å². The number of rotatable bonds is 1. The molecule has 0 saturated carbocycles. The minimum absolute atomic E-state index is 0.118. The first-order valence-electron chi connectivity index (χ1n) is 6.28. The van der Waals surface area contributed by atoms with Crippen molar-refractivity contribution in [2.45, 2.75) is 25.8 Å². The standard InChI is InChI=1S/C13H16N2O2S/c1-9-7-18-8-11(9)13(17)14-4-5-15-10(6-14)2-3-12(15)16/h7-8,10H,2-6H2,1H3. The molecule has 1 aromatic rings. The van der Waals surface area contributed by atoms with E-state index in [-0.39, 0.29) is 17.9 Å². The van der Waals surface area contributed by atoms with Crippen LogP contribution in [0.1, 0.15) is 28.8 Å². The van der Waals surface area contributed by atoms with Crippen LogP contribution in [0.5, 0.6) is 0 Å². The highest BCUT2D eigenvalue weighted by atomic mass is 32.1. The number of thiophene rings is 1. The van der Waals surface area contributed by atoms with Crippen LogP contribution in [0.2, 0.25) is 0 Å². The summed E-state index contributed by atoms with van der Waals surface area (Å²) >= 11 is 1.57. The summed E-state index contributed by atoms with van der Waals surface area (Å²) in [5, 5.41) is 3.92. The molecular weight excluding hydrogens is 248 g/mol. The Bertz CT molecular complexity index is 497. The number of piperazine rings is 1. The average Bonchev–Trinajstić information content (AvgIpc) is 2.95. The molecule has 96 valence electrons. The number of nitrogens with zero attached hydrogens (tertiary/aromatic N) is 2. The van der Waals surface area contributed by atoms with Crippen LogP contribution in [0.25, 0.3) is 0 Å². The number of amides is 2. The molecule has 2 aliphatic rings. The first-order chi connectivity index (χ1) is 8.66. The van der Waals surface area contributed by atoms with Gasteiger partial charge in [0.05, 0.1) is 5.56 Å². The van der Waals surface area contributed by atoms with Gasteiger partial charge in [-0.25, -0.2) is 0 Å². The van der Waals surface area contributed by atoms with E-state index in [0.717, 1.165) is 17.5 Å². The predicted octanol–water partition coefficient (Wildman–Crippen LogP) is 1.50. The van der Waals surface area contributed by atoms with Gasteiger partial charge in [0.2, 0.25) is 5.91 Å². The van der Waals surface area contributed by atoms with Gasteiger partial charge in [0.1, 0.15) is 0 Å². The maximum atomic E-state index is 12.4. The van der Waals surface area contributed by atoms with Gasteiger partial charge in [-0.15, -0.1) is 0 Å². The zero-order valence-corrected chi connectivity index (χ0v) is 11.2. The molecule has 4 nitrogen and oxygen atoms in total. The van der Waals surface area contributed by atoms with E-state index in [4.69, 9.17) is 0 Å². The molecule has 5 heteroatoms. The highest BCUT2D eigenvalue weighted by Gasteiger charge is 2.37. The topological polar surface area (TPSA) is 40.6 Å². The third-order valence-electron chi connectivity index (χ3n) is 3.87. The number of fused-ring (bicyclic) bond motifs is 1. The highest BCUT2D eigenvalue weighted by molar-refractivity contribution is 7.08. The molecule has 2 saturated heterocycles. The fourth-order valence-corrected chi connectivity index (χ4v) is 3.62. The Kier molecular flexibility index (Phi) is 2.86. The number of carbonyl (C=O) groups excluding carboxylic acids is 2. The number of aryl methyl sites for hydroxylation is 1. The van der Waals surface area contributed by atoms with E-state index in [9.17, 15) is 9.59 Å². The van der Waals surface area contributed by atoms with Crippen molar-refractivity contribution in [3.8, 4) is 0 Å². The Labute approximate surface area is 110 Å². The van der Waals surface area contributed by atoms with E-state index in [2.05, 4.69) is 0 Å². The summed E-state index contributed by atoms with van der Waals surface area (Å²) in [6, 6.07) is 0.245. The Morgan fingerprint density at radius 3 is 2.94 bits per heavy atom. The van der Waals surface area contributed by atoms with E-state index < -0.39 is 0 Å². The summed E-state index contributed by atoms with van der Waals surface area (Å²) in [4.78, 5) is 27.8. The van der Waals surface area contributed by atoms with Gasteiger partial charge in [-0.05, 0) is 24.3 Å². The van der Waals surface area contributed by atoms with E-state index in [1.54, 1.807) is 11.3 Å². The van der Waals surface area contributed by atoms with Crippen LogP contribution in [0.15, 0.2) is 10.8 Å². The van der Waals surface area contributed by atoms with Gasteiger partial charge in [0.25, 0.3) is 5.91 Å². The van der Waals surface area contributed by atoms with Crippen LogP contribution in [0.3, 0.4) is 0 Å². The van der Waals surface area contributed by atoms with Crippen LogP contribution in [0.4, 0.5) is 0 Å². The minimum atomic E-state index is 0.118. The molecule has 0 bridgehead atoms. The van der Waals surface area contributed by atoms with Crippen LogP contribution >= 0.6 is 11.3 Å². The van der Waals surface area contributed by atoms with Gasteiger partial charge >= 0.3 is 0 Å². The van der Waals surface area contributed by atoms with Crippen LogP contribution in [-0.2, 0) is 4.79 Å². The lowest BCUT2D eigenvalue weighted by molar-refractivity contribution is -0.130. The fourth-order valence-electron chi connectivity index (χ4n) is 2.80. The monoisotopic (exact) mass is 264 g/mol. The second kappa shape index (κ2) is 4.39. The highest BCUT2D eigenvalue weighted by Crippen LogP contribution is 2.24. The Morgan fingerprint density at radius 2 is 2.22 bits per heavy atom. The molecule has 2 aliphatic heterocycles. The first-order valence-corrected chi connectivity index (χ1v) is 7.22. The molecular formula is C13H16N2O2S. The minimum Gasteiger partial charge on any atom is -0.336 e. The Hall–Kier alpha value is -1.36. The average molecular weight is 264 g/mol. The molecule has 0 aliphatic carbocycles. The first kappa shape index (κ1) is 11.7. The molecule has 0 aromatic carbocycles. The molecule has 3 rings (SSSR count). The van der Waals surface area contributed by atoms with E-state index >= 15 is 0 Å². The second-order valence-electron chi connectivity index (χ2n) is 5.00. The number of hydrogen-bond acceptors (Lipinski definition) is 3.